The predicted molar refractivity (Wildman–Crippen MR) is 90.5 cm³/mol. The van der Waals surface area contributed by atoms with Crippen LogP contribution in [0.3, 0.4) is 0 Å². The molecule has 0 aliphatic rings. The third-order valence-corrected chi connectivity index (χ3v) is 3.65. The van der Waals surface area contributed by atoms with Gasteiger partial charge in [-0.05, 0) is 31.2 Å². The molecule has 7 nitrogen and oxygen atoms in total. The van der Waals surface area contributed by atoms with E-state index in [-0.39, 0.29) is 13.1 Å². The second-order valence-corrected chi connectivity index (χ2v) is 5.80. The van der Waals surface area contributed by atoms with Crippen LogP contribution in [0.5, 0.6) is 0 Å². The maximum atomic E-state index is 11.9. The van der Waals surface area contributed by atoms with Crippen LogP contribution in [-0.4, -0.2) is 22.7 Å². The number of carbonyl (C=O) groups is 1. The Kier molecular flexibility index (Phi) is 4.85. The molecule has 2 heterocycles. The van der Waals surface area contributed by atoms with Crippen LogP contribution < -0.4 is 10.6 Å². The number of hydrogen-bond acceptors (Lipinski definition) is 5. The summed E-state index contributed by atoms with van der Waals surface area (Å²) in [7, 11) is 0. The molecule has 0 aliphatic carbocycles. The third kappa shape index (κ3) is 4.27. The fourth-order valence-corrected chi connectivity index (χ4v) is 2.26. The standard InChI is InChI=1S/C18H19N3O4/c1-18(23,15-8-5-9-24-15)12-20-17(22)19-10-14-11-25-16(21-14)13-6-3-2-4-7-13/h2-9,11,23H,10,12H2,1H3,(H2,19,20,22)/t18-/m0/s1. The Labute approximate surface area is 144 Å². The first-order valence-electron chi connectivity index (χ1n) is 7.82. The summed E-state index contributed by atoms with van der Waals surface area (Å²) in [4.78, 5) is 16.2. The highest BCUT2D eigenvalue weighted by molar-refractivity contribution is 5.73. The van der Waals surface area contributed by atoms with Crippen molar-refractivity contribution in [2.24, 2.45) is 0 Å². The molecule has 3 aromatic rings. The predicted octanol–water partition coefficient (Wildman–Crippen LogP) is 2.64. The lowest BCUT2D eigenvalue weighted by Gasteiger charge is -2.21. The smallest absolute Gasteiger partial charge is 0.315 e. The molecule has 0 spiro atoms. The summed E-state index contributed by atoms with van der Waals surface area (Å²) in [5.41, 5.74) is 0.189. The number of benzene rings is 1. The highest BCUT2D eigenvalue weighted by Crippen LogP contribution is 2.20. The molecule has 3 rings (SSSR count). The van der Waals surface area contributed by atoms with Gasteiger partial charge in [0, 0.05) is 5.56 Å². The molecule has 7 heteroatoms. The topological polar surface area (TPSA) is 101 Å². The van der Waals surface area contributed by atoms with Crippen molar-refractivity contribution >= 4 is 6.03 Å². The quantitative estimate of drug-likeness (QED) is 0.640. The number of aromatic nitrogens is 1. The largest absolute Gasteiger partial charge is 0.466 e. The molecule has 2 aromatic heterocycles. The zero-order valence-electron chi connectivity index (χ0n) is 13.7. The Bertz CT molecular complexity index is 810. The highest BCUT2D eigenvalue weighted by atomic mass is 16.4. The number of nitrogens with one attached hydrogen (secondary N) is 2. The molecule has 0 radical (unpaired) electrons. The maximum absolute atomic E-state index is 11.9. The molecule has 25 heavy (non-hydrogen) atoms. The number of urea groups is 1. The minimum Gasteiger partial charge on any atom is -0.466 e. The van der Waals surface area contributed by atoms with Crippen molar-refractivity contribution < 1.29 is 18.7 Å². The van der Waals surface area contributed by atoms with Gasteiger partial charge in [-0.1, -0.05) is 18.2 Å². The zero-order valence-corrected chi connectivity index (χ0v) is 13.7. The normalized spacial score (nSPS) is 13.2. The first-order chi connectivity index (χ1) is 12.0. The van der Waals surface area contributed by atoms with E-state index in [4.69, 9.17) is 8.83 Å². The van der Waals surface area contributed by atoms with Gasteiger partial charge in [-0.25, -0.2) is 9.78 Å². The van der Waals surface area contributed by atoms with Crippen LogP contribution >= 0.6 is 0 Å². The van der Waals surface area contributed by atoms with E-state index in [2.05, 4.69) is 15.6 Å². The van der Waals surface area contributed by atoms with Gasteiger partial charge in [-0.3, -0.25) is 0 Å². The summed E-state index contributed by atoms with van der Waals surface area (Å²) in [6.07, 6.45) is 2.97. The van der Waals surface area contributed by atoms with Gasteiger partial charge < -0.3 is 24.6 Å². The van der Waals surface area contributed by atoms with Gasteiger partial charge in [0.25, 0.3) is 0 Å². The first-order valence-corrected chi connectivity index (χ1v) is 7.82. The van der Waals surface area contributed by atoms with Crippen LogP contribution in [0.25, 0.3) is 11.5 Å². The third-order valence-electron chi connectivity index (χ3n) is 3.65. The van der Waals surface area contributed by atoms with E-state index in [0.717, 1.165) is 5.56 Å². The summed E-state index contributed by atoms with van der Waals surface area (Å²) in [6, 6.07) is 12.4. The van der Waals surface area contributed by atoms with E-state index < -0.39 is 11.6 Å². The number of carbonyl (C=O) groups excluding carboxylic acids is 1. The van der Waals surface area contributed by atoms with Crippen LogP contribution in [-0.2, 0) is 12.1 Å². The summed E-state index contributed by atoms with van der Waals surface area (Å²) in [6.45, 7) is 1.79. The second-order valence-electron chi connectivity index (χ2n) is 5.80. The van der Waals surface area contributed by atoms with E-state index in [0.29, 0.717) is 17.3 Å². The molecular formula is C18H19N3O4. The molecule has 0 fully saturated rings. The van der Waals surface area contributed by atoms with Gasteiger partial charge in [-0.15, -0.1) is 0 Å². The van der Waals surface area contributed by atoms with E-state index in [1.807, 2.05) is 30.3 Å². The number of oxazole rings is 1. The molecule has 1 atom stereocenters. The summed E-state index contributed by atoms with van der Waals surface area (Å²) < 4.78 is 10.6. The lowest BCUT2D eigenvalue weighted by atomic mass is 10.0. The van der Waals surface area contributed by atoms with Crippen LogP contribution in [0.2, 0.25) is 0 Å². The van der Waals surface area contributed by atoms with Crippen LogP contribution in [0.4, 0.5) is 4.79 Å². The average molecular weight is 341 g/mol. The summed E-state index contributed by atoms with van der Waals surface area (Å²) in [5.74, 6) is 0.885. The van der Waals surface area contributed by atoms with Gasteiger partial charge in [0.15, 0.2) is 0 Å². The van der Waals surface area contributed by atoms with E-state index in [9.17, 15) is 9.90 Å². The van der Waals surface area contributed by atoms with Crippen molar-refractivity contribution in [1.29, 1.82) is 0 Å². The molecule has 0 saturated heterocycles. The van der Waals surface area contributed by atoms with Crippen molar-refractivity contribution in [2.45, 2.75) is 19.1 Å². The number of furan rings is 1. The summed E-state index contributed by atoms with van der Waals surface area (Å²) in [5, 5.41) is 15.5. The van der Waals surface area contributed by atoms with E-state index >= 15 is 0 Å². The van der Waals surface area contributed by atoms with Gasteiger partial charge in [0.2, 0.25) is 5.89 Å². The molecule has 2 amide bonds. The van der Waals surface area contributed by atoms with Crippen molar-refractivity contribution in [2.75, 3.05) is 6.54 Å². The Morgan fingerprint density at radius 3 is 2.68 bits per heavy atom. The first kappa shape index (κ1) is 16.8. The average Bonchev–Trinajstić information content (AvgIpc) is 3.31. The Hall–Kier alpha value is -3.06. The minimum atomic E-state index is -1.28. The number of aliphatic hydroxyl groups is 1. The second kappa shape index (κ2) is 7.23. The number of nitrogens with zero attached hydrogens (tertiary/aromatic N) is 1. The maximum Gasteiger partial charge on any atom is 0.315 e. The van der Waals surface area contributed by atoms with Gasteiger partial charge in [0.05, 0.1) is 25.0 Å². The van der Waals surface area contributed by atoms with E-state index in [1.165, 1.54) is 12.5 Å². The lowest BCUT2D eigenvalue weighted by Crippen LogP contribution is -2.43. The SMILES string of the molecule is C[C@](O)(CNC(=O)NCc1coc(-c2ccccc2)n1)c1ccco1. The Morgan fingerprint density at radius 1 is 1.16 bits per heavy atom. The molecule has 130 valence electrons. The van der Waals surface area contributed by atoms with Crippen LogP contribution in [0, 0.1) is 0 Å². The Balaban J connectivity index is 1.49. The van der Waals surface area contributed by atoms with Crippen molar-refractivity contribution in [3.8, 4) is 11.5 Å². The molecular weight excluding hydrogens is 322 g/mol. The van der Waals surface area contributed by atoms with E-state index in [1.54, 1.807) is 19.1 Å². The number of amides is 2. The van der Waals surface area contributed by atoms with Crippen LogP contribution in [0.15, 0.2) is 63.8 Å². The van der Waals surface area contributed by atoms with Gasteiger partial charge >= 0.3 is 6.03 Å². The monoisotopic (exact) mass is 341 g/mol. The van der Waals surface area contributed by atoms with Gasteiger partial charge in [0.1, 0.15) is 17.6 Å². The highest BCUT2D eigenvalue weighted by Gasteiger charge is 2.26. The number of rotatable bonds is 6. The molecule has 0 unspecified atom stereocenters. The number of hydrogen-bond donors (Lipinski definition) is 3. The summed E-state index contributed by atoms with van der Waals surface area (Å²) >= 11 is 0. The molecule has 0 aliphatic heterocycles. The minimum absolute atomic E-state index is 0.0143. The zero-order chi connectivity index (χ0) is 17.7. The van der Waals surface area contributed by atoms with Crippen molar-refractivity contribution in [1.82, 2.24) is 15.6 Å². The van der Waals surface area contributed by atoms with Crippen molar-refractivity contribution in [3.05, 3.63) is 66.4 Å². The fraction of sp³-hybridized carbons (Fsp3) is 0.222. The van der Waals surface area contributed by atoms with Crippen molar-refractivity contribution in [3.63, 3.8) is 0 Å². The molecule has 0 saturated carbocycles. The molecule has 3 N–H and O–H groups in total. The lowest BCUT2D eigenvalue weighted by molar-refractivity contribution is 0.0367. The van der Waals surface area contributed by atoms with Crippen LogP contribution in [0.1, 0.15) is 18.4 Å². The molecule has 1 aromatic carbocycles. The fourth-order valence-electron chi connectivity index (χ4n) is 2.26. The molecule has 0 bridgehead atoms. The Morgan fingerprint density at radius 2 is 1.96 bits per heavy atom. The van der Waals surface area contributed by atoms with Gasteiger partial charge in [-0.2, -0.15) is 0 Å².